The molecule has 1 heterocycles. The summed E-state index contributed by atoms with van der Waals surface area (Å²) in [6.45, 7) is 3.13. The molecule has 50 heavy (non-hydrogen) atoms. The molecule has 11 heteroatoms. The van der Waals surface area contributed by atoms with E-state index in [1.807, 2.05) is 84.6 Å². The SMILES string of the molecule is COc1ccc(CN(Cc2ccc(OC)cc2)Cc2c(C(F)(F)F)ccc(C3CCC(N)CC3)c2-c2nnn(Cc3ccc(C)cc3)n2)cc1. The van der Waals surface area contributed by atoms with Crippen molar-refractivity contribution in [3.63, 3.8) is 0 Å². The van der Waals surface area contributed by atoms with Gasteiger partial charge in [-0.25, -0.2) is 0 Å². The lowest BCUT2D eigenvalue weighted by molar-refractivity contribution is -0.138. The highest BCUT2D eigenvalue weighted by Crippen LogP contribution is 2.44. The lowest BCUT2D eigenvalue weighted by Gasteiger charge is -2.31. The third-order valence-corrected chi connectivity index (χ3v) is 9.50. The molecule has 0 radical (unpaired) electrons. The highest BCUT2D eigenvalue weighted by Gasteiger charge is 2.38. The first-order chi connectivity index (χ1) is 24.1. The number of halogens is 3. The quantitative estimate of drug-likeness (QED) is 0.143. The van der Waals surface area contributed by atoms with E-state index in [-0.39, 0.29) is 29.9 Å². The van der Waals surface area contributed by atoms with E-state index in [9.17, 15) is 0 Å². The number of alkyl halides is 3. The van der Waals surface area contributed by atoms with Crippen molar-refractivity contribution in [3.05, 3.63) is 124 Å². The van der Waals surface area contributed by atoms with E-state index < -0.39 is 11.7 Å². The van der Waals surface area contributed by atoms with Crippen molar-refractivity contribution in [2.24, 2.45) is 5.73 Å². The van der Waals surface area contributed by atoms with E-state index in [0.717, 1.165) is 53.5 Å². The van der Waals surface area contributed by atoms with Gasteiger partial charge in [-0.3, -0.25) is 4.90 Å². The Morgan fingerprint density at radius 2 is 1.32 bits per heavy atom. The number of nitrogens with zero attached hydrogens (tertiary/aromatic N) is 5. The number of aryl methyl sites for hydroxylation is 1. The molecule has 0 saturated heterocycles. The van der Waals surface area contributed by atoms with Gasteiger partial charge in [-0.2, -0.15) is 18.0 Å². The third-order valence-electron chi connectivity index (χ3n) is 9.50. The van der Waals surface area contributed by atoms with Crippen molar-refractivity contribution < 1.29 is 22.6 Å². The van der Waals surface area contributed by atoms with Crippen LogP contribution in [0.4, 0.5) is 13.2 Å². The summed E-state index contributed by atoms with van der Waals surface area (Å²) in [6, 6.07) is 26.1. The molecule has 1 aromatic heterocycles. The summed E-state index contributed by atoms with van der Waals surface area (Å²) in [5.74, 6) is 1.62. The van der Waals surface area contributed by atoms with Gasteiger partial charge in [0.1, 0.15) is 11.5 Å². The molecular weight excluding hydrogens is 641 g/mol. The number of hydrogen-bond donors (Lipinski definition) is 1. The van der Waals surface area contributed by atoms with Crippen LogP contribution >= 0.6 is 0 Å². The van der Waals surface area contributed by atoms with E-state index in [1.165, 1.54) is 10.9 Å². The van der Waals surface area contributed by atoms with Crippen LogP contribution in [0.2, 0.25) is 0 Å². The summed E-state index contributed by atoms with van der Waals surface area (Å²) in [4.78, 5) is 3.48. The fourth-order valence-corrected chi connectivity index (χ4v) is 6.77. The fourth-order valence-electron chi connectivity index (χ4n) is 6.77. The first-order valence-electron chi connectivity index (χ1n) is 16.9. The Balaban J connectivity index is 1.46. The Hall–Kier alpha value is -4.74. The van der Waals surface area contributed by atoms with Gasteiger partial charge in [0, 0.05) is 31.2 Å². The lowest BCUT2D eigenvalue weighted by atomic mass is 9.78. The number of tetrazole rings is 1. The summed E-state index contributed by atoms with van der Waals surface area (Å²) in [6.07, 6.45) is -1.46. The van der Waals surface area contributed by atoms with E-state index in [4.69, 9.17) is 20.3 Å². The van der Waals surface area contributed by atoms with Gasteiger partial charge in [-0.15, -0.1) is 10.2 Å². The van der Waals surface area contributed by atoms with Crippen molar-refractivity contribution in [2.75, 3.05) is 14.2 Å². The molecule has 8 nitrogen and oxygen atoms in total. The second-order valence-electron chi connectivity index (χ2n) is 13.1. The van der Waals surface area contributed by atoms with Crippen LogP contribution in [-0.4, -0.2) is 45.4 Å². The highest BCUT2D eigenvalue weighted by atomic mass is 19.4. The van der Waals surface area contributed by atoms with Gasteiger partial charge in [-0.1, -0.05) is 60.2 Å². The van der Waals surface area contributed by atoms with Crippen LogP contribution < -0.4 is 15.2 Å². The van der Waals surface area contributed by atoms with Crippen molar-refractivity contribution in [2.45, 2.75) is 76.9 Å². The molecule has 4 aromatic carbocycles. The molecule has 1 aliphatic carbocycles. The first-order valence-corrected chi connectivity index (χ1v) is 16.9. The molecule has 2 N–H and O–H groups in total. The van der Waals surface area contributed by atoms with E-state index in [2.05, 4.69) is 10.3 Å². The van der Waals surface area contributed by atoms with Crippen molar-refractivity contribution in [1.82, 2.24) is 25.1 Å². The summed E-state index contributed by atoms with van der Waals surface area (Å²) in [7, 11) is 3.20. The number of rotatable bonds is 12. The summed E-state index contributed by atoms with van der Waals surface area (Å²) in [5.41, 5.74) is 10.9. The average Bonchev–Trinajstić information content (AvgIpc) is 3.57. The van der Waals surface area contributed by atoms with Crippen LogP contribution in [0.1, 0.15) is 70.5 Å². The number of ether oxygens (including phenoxy) is 2. The summed E-state index contributed by atoms with van der Waals surface area (Å²) < 4.78 is 55.8. The zero-order valence-corrected chi connectivity index (χ0v) is 28.7. The highest BCUT2D eigenvalue weighted by molar-refractivity contribution is 5.68. The van der Waals surface area contributed by atoms with E-state index in [0.29, 0.717) is 36.7 Å². The second-order valence-corrected chi connectivity index (χ2v) is 13.1. The van der Waals surface area contributed by atoms with Gasteiger partial charge in [-0.05, 0) is 102 Å². The Labute approximate surface area is 291 Å². The monoisotopic (exact) mass is 684 g/mol. The molecule has 1 fully saturated rings. The van der Waals surface area contributed by atoms with E-state index >= 15 is 13.2 Å². The smallest absolute Gasteiger partial charge is 0.416 e. The van der Waals surface area contributed by atoms with Gasteiger partial charge >= 0.3 is 6.18 Å². The molecule has 0 atom stereocenters. The molecule has 0 bridgehead atoms. The minimum atomic E-state index is -4.61. The molecule has 262 valence electrons. The van der Waals surface area contributed by atoms with Crippen LogP contribution in [-0.2, 0) is 32.4 Å². The van der Waals surface area contributed by atoms with Crippen LogP contribution in [0.15, 0.2) is 84.9 Å². The fraction of sp³-hybridized carbons (Fsp3) is 0.359. The molecule has 0 spiro atoms. The van der Waals surface area contributed by atoms with Crippen molar-refractivity contribution in [1.29, 1.82) is 0 Å². The second kappa shape index (κ2) is 15.4. The maximum atomic E-state index is 15.0. The minimum Gasteiger partial charge on any atom is -0.497 e. The summed E-state index contributed by atoms with van der Waals surface area (Å²) >= 11 is 0. The normalized spacial score (nSPS) is 16.5. The van der Waals surface area contributed by atoms with Gasteiger partial charge in [0.15, 0.2) is 0 Å². The third kappa shape index (κ3) is 8.51. The zero-order chi connectivity index (χ0) is 35.3. The van der Waals surface area contributed by atoms with Crippen LogP contribution in [0.3, 0.4) is 0 Å². The van der Waals surface area contributed by atoms with Crippen LogP contribution in [0.5, 0.6) is 11.5 Å². The Kier molecular flexibility index (Phi) is 10.8. The summed E-state index contributed by atoms with van der Waals surface area (Å²) in [5, 5.41) is 13.5. The molecule has 0 aliphatic heterocycles. The minimum absolute atomic E-state index is 0.00515. The molecule has 6 rings (SSSR count). The van der Waals surface area contributed by atoms with Gasteiger partial charge in [0.25, 0.3) is 0 Å². The van der Waals surface area contributed by atoms with Gasteiger partial charge < -0.3 is 15.2 Å². The largest absolute Gasteiger partial charge is 0.497 e. The van der Waals surface area contributed by atoms with Crippen LogP contribution in [0, 0.1) is 6.92 Å². The topological polar surface area (TPSA) is 91.3 Å². The Morgan fingerprint density at radius 3 is 1.86 bits per heavy atom. The van der Waals surface area contributed by atoms with Gasteiger partial charge in [0.05, 0.1) is 26.3 Å². The Morgan fingerprint density at radius 1 is 0.760 bits per heavy atom. The number of aromatic nitrogens is 4. The maximum absolute atomic E-state index is 15.0. The lowest BCUT2D eigenvalue weighted by Crippen LogP contribution is -2.27. The molecule has 5 aromatic rings. The predicted molar refractivity (Wildman–Crippen MR) is 187 cm³/mol. The Bertz CT molecular complexity index is 1800. The number of benzene rings is 4. The molecule has 1 saturated carbocycles. The van der Waals surface area contributed by atoms with Gasteiger partial charge in [0.2, 0.25) is 5.82 Å². The molecule has 1 aliphatic rings. The standard InChI is InChI=1S/C39H43F3N6O2/c1-26-4-6-29(7-5-26)24-48-45-38(44-46-48)37-34(30-12-14-31(43)15-13-30)20-21-36(39(40,41)42)35(37)25-47(22-27-8-16-32(49-2)17-9-27)23-28-10-18-33(50-3)19-11-28/h4-11,16-21,30-31H,12-15,22-25,43H2,1-3H3. The molecular formula is C39H43F3N6O2. The first kappa shape index (κ1) is 35.1. The van der Waals surface area contributed by atoms with Crippen molar-refractivity contribution >= 4 is 0 Å². The predicted octanol–water partition coefficient (Wildman–Crippen LogP) is 7.92. The van der Waals surface area contributed by atoms with Crippen molar-refractivity contribution in [3.8, 4) is 22.9 Å². The molecule has 0 unspecified atom stereocenters. The average molecular weight is 685 g/mol. The number of hydrogen-bond acceptors (Lipinski definition) is 7. The maximum Gasteiger partial charge on any atom is 0.416 e. The number of nitrogens with two attached hydrogens (primary N) is 1. The van der Waals surface area contributed by atoms with E-state index in [1.54, 1.807) is 20.3 Å². The number of methoxy groups -OCH3 is 2. The molecule has 0 amide bonds. The van der Waals surface area contributed by atoms with Crippen LogP contribution in [0.25, 0.3) is 11.4 Å². The zero-order valence-electron chi connectivity index (χ0n) is 28.7.